The molecule has 0 amide bonds. The predicted molar refractivity (Wildman–Crippen MR) is 104 cm³/mol. The summed E-state index contributed by atoms with van der Waals surface area (Å²) >= 11 is 0. The minimum atomic E-state index is 0.700. The van der Waals surface area contributed by atoms with Crippen LogP contribution in [-0.2, 0) is 6.42 Å². The normalized spacial score (nSPS) is 11.0. The molecular weight excluding hydrogens is 308 g/mol. The summed E-state index contributed by atoms with van der Waals surface area (Å²) in [4.78, 5) is 8.96. The number of nitrogens with zero attached hydrogens (tertiary/aromatic N) is 3. The van der Waals surface area contributed by atoms with Gasteiger partial charge in [-0.15, -0.1) is 0 Å². The fourth-order valence-electron chi connectivity index (χ4n) is 2.61. The van der Waals surface area contributed by atoms with Gasteiger partial charge in [-0.1, -0.05) is 54.1 Å². The van der Waals surface area contributed by atoms with Gasteiger partial charge in [-0.05, 0) is 31.9 Å². The number of aromatic nitrogens is 2. The van der Waals surface area contributed by atoms with Gasteiger partial charge in [0.15, 0.2) is 0 Å². The van der Waals surface area contributed by atoms with Gasteiger partial charge in [-0.3, -0.25) is 5.43 Å². The van der Waals surface area contributed by atoms with Crippen molar-refractivity contribution in [1.29, 1.82) is 0 Å². The van der Waals surface area contributed by atoms with Crippen LogP contribution in [0.4, 0.5) is 5.82 Å². The molecule has 0 aliphatic heterocycles. The number of aryl methyl sites for hydroxylation is 3. The Labute approximate surface area is 148 Å². The maximum absolute atomic E-state index is 4.55. The van der Waals surface area contributed by atoms with E-state index < -0.39 is 0 Å². The molecule has 0 radical (unpaired) electrons. The minimum absolute atomic E-state index is 0.700. The van der Waals surface area contributed by atoms with Crippen molar-refractivity contribution in [2.24, 2.45) is 5.10 Å². The zero-order valence-electron chi connectivity index (χ0n) is 14.8. The van der Waals surface area contributed by atoms with Crippen molar-refractivity contribution in [2.75, 3.05) is 5.43 Å². The van der Waals surface area contributed by atoms with E-state index in [0.717, 1.165) is 23.5 Å². The minimum Gasteiger partial charge on any atom is -0.262 e. The molecule has 126 valence electrons. The van der Waals surface area contributed by atoms with Crippen molar-refractivity contribution in [1.82, 2.24) is 9.97 Å². The summed E-state index contributed by atoms with van der Waals surface area (Å²) in [5, 5.41) is 4.29. The Morgan fingerprint density at radius 3 is 2.48 bits per heavy atom. The Bertz CT molecular complexity index is 883. The van der Waals surface area contributed by atoms with E-state index >= 15 is 0 Å². The third-order valence-electron chi connectivity index (χ3n) is 3.98. The Balaban J connectivity index is 1.71. The van der Waals surface area contributed by atoms with E-state index in [0.29, 0.717) is 5.82 Å². The van der Waals surface area contributed by atoms with Gasteiger partial charge in [-0.25, -0.2) is 9.97 Å². The molecular formula is C21H22N4. The average molecular weight is 330 g/mol. The maximum Gasteiger partial charge on any atom is 0.150 e. The summed E-state index contributed by atoms with van der Waals surface area (Å²) in [6, 6.07) is 18.6. The SMILES string of the molecule is Cc1ccc(CC=NNc2cc(-c3ccccc3C)nc(C)n2)cc1. The van der Waals surface area contributed by atoms with Crippen molar-refractivity contribution in [3.8, 4) is 11.3 Å². The lowest BCUT2D eigenvalue weighted by atomic mass is 10.1. The molecule has 0 spiro atoms. The second-order valence-electron chi connectivity index (χ2n) is 6.11. The second kappa shape index (κ2) is 7.71. The molecule has 0 aliphatic rings. The van der Waals surface area contributed by atoms with Crippen LogP contribution in [0.5, 0.6) is 0 Å². The summed E-state index contributed by atoms with van der Waals surface area (Å²) < 4.78 is 0. The molecule has 3 aromatic rings. The molecule has 1 N–H and O–H groups in total. The number of rotatable bonds is 5. The fourth-order valence-corrected chi connectivity index (χ4v) is 2.61. The van der Waals surface area contributed by atoms with Crippen molar-refractivity contribution in [3.05, 3.63) is 77.1 Å². The Hall–Kier alpha value is -3.01. The van der Waals surface area contributed by atoms with Crippen molar-refractivity contribution in [2.45, 2.75) is 27.2 Å². The summed E-state index contributed by atoms with van der Waals surface area (Å²) in [5.74, 6) is 1.42. The molecule has 0 aliphatic carbocycles. The highest BCUT2D eigenvalue weighted by atomic mass is 15.3. The smallest absolute Gasteiger partial charge is 0.150 e. The van der Waals surface area contributed by atoms with Crippen molar-refractivity contribution < 1.29 is 0 Å². The van der Waals surface area contributed by atoms with Gasteiger partial charge in [0.2, 0.25) is 0 Å². The van der Waals surface area contributed by atoms with Crippen LogP contribution in [0.25, 0.3) is 11.3 Å². The van der Waals surface area contributed by atoms with Crippen LogP contribution < -0.4 is 5.43 Å². The molecule has 3 rings (SSSR count). The topological polar surface area (TPSA) is 50.2 Å². The number of hydrazone groups is 1. The molecule has 0 saturated carbocycles. The van der Waals surface area contributed by atoms with Crippen LogP contribution in [0.15, 0.2) is 59.7 Å². The van der Waals surface area contributed by atoms with Gasteiger partial charge in [0.05, 0.1) is 5.69 Å². The molecule has 1 heterocycles. The van der Waals surface area contributed by atoms with Crippen LogP contribution >= 0.6 is 0 Å². The number of anilines is 1. The van der Waals surface area contributed by atoms with Gasteiger partial charge < -0.3 is 0 Å². The lowest BCUT2D eigenvalue weighted by molar-refractivity contribution is 1.05. The quantitative estimate of drug-likeness (QED) is 0.544. The van der Waals surface area contributed by atoms with Gasteiger partial charge >= 0.3 is 0 Å². The Kier molecular flexibility index (Phi) is 5.19. The molecule has 0 atom stereocenters. The molecule has 2 aromatic carbocycles. The third-order valence-corrected chi connectivity index (χ3v) is 3.98. The molecule has 1 aromatic heterocycles. The molecule has 0 saturated heterocycles. The average Bonchev–Trinajstić information content (AvgIpc) is 2.60. The van der Waals surface area contributed by atoms with E-state index in [2.05, 4.69) is 70.7 Å². The van der Waals surface area contributed by atoms with E-state index in [9.17, 15) is 0 Å². The van der Waals surface area contributed by atoms with E-state index in [1.165, 1.54) is 16.7 Å². The number of benzene rings is 2. The zero-order chi connectivity index (χ0) is 17.6. The molecule has 4 heteroatoms. The first-order valence-electron chi connectivity index (χ1n) is 8.36. The van der Waals surface area contributed by atoms with Crippen LogP contribution in [0.2, 0.25) is 0 Å². The summed E-state index contributed by atoms with van der Waals surface area (Å²) in [7, 11) is 0. The summed E-state index contributed by atoms with van der Waals surface area (Å²) in [6.45, 7) is 6.06. The first-order valence-corrected chi connectivity index (χ1v) is 8.36. The lowest BCUT2D eigenvalue weighted by Gasteiger charge is -2.08. The van der Waals surface area contributed by atoms with Gasteiger partial charge in [0, 0.05) is 24.3 Å². The Morgan fingerprint density at radius 2 is 1.72 bits per heavy atom. The maximum atomic E-state index is 4.55. The van der Waals surface area contributed by atoms with Gasteiger partial charge in [0.1, 0.15) is 11.6 Å². The number of hydrogen-bond acceptors (Lipinski definition) is 4. The van der Waals surface area contributed by atoms with Crippen LogP contribution in [-0.4, -0.2) is 16.2 Å². The van der Waals surface area contributed by atoms with E-state index in [4.69, 9.17) is 0 Å². The fraction of sp³-hybridized carbons (Fsp3) is 0.190. The number of nitrogens with one attached hydrogen (secondary N) is 1. The number of hydrogen-bond donors (Lipinski definition) is 1. The third kappa shape index (κ3) is 4.51. The van der Waals surface area contributed by atoms with E-state index in [1.807, 2.05) is 31.3 Å². The second-order valence-corrected chi connectivity index (χ2v) is 6.11. The van der Waals surface area contributed by atoms with Crippen LogP contribution in [0.3, 0.4) is 0 Å². The van der Waals surface area contributed by atoms with Crippen LogP contribution in [0, 0.1) is 20.8 Å². The lowest BCUT2D eigenvalue weighted by Crippen LogP contribution is -1.99. The first kappa shape index (κ1) is 16.8. The largest absolute Gasteiger partial charge is 0.262 e. The van der Waals surface area contributed by atoms with Gasteiger partial charge in [0.25, 0.3) is 0 Å². The molecule has 25 heavy (non-hydrogen) atoms. The summed E-state index contributed by atoms with van der Waals surface area (Å²) in [6.07, 6.45) is 2.64. The molecule has 4 nitrogen and oxygen atoms in total. The Morgan fingerprint density at radius 1 is 0.960 bits per heavy atom. The molecule has 0 bridgehead atoms. The highest BCUT2D eigenvalue weighted by Crippen LogP contribution is 2.23. The predicted octanol–water partition coefficient (Wildman–Crippen LogP) is 4.71. The zero-order valence-corrected chi connectivity index (χ0v) is 14.8. The van der Waals surface area contributed by atoms with E-state index in [1.54, 1.807) is 0 Å². The molecule has 0 fully saturated rings. The monoisotopic (exact) mass is 330 g/mol. The highest BCUT2D eigenvalue weighted by Gasteiger charge is 2.06. The van der Waals surface area contributed by atoms with Gasteiger partial charge in [-0.2, -0.15) is 5.10 Å². The summed E-state index contributed by atoms with van der Waals surface area (Å²) in [5.41, 5.74) is 8.71. The standard InChI is InChI=1S/C21H22N4/c1-15-8-10-18(11-9-15)12-13-22-25-21-14-20(23-17(3)24-21)19-7-5-4-6-16(19)2/h4-11,13-14H,12H2,1-3H3,(H,23,24,25). The van der Waals surface area contributed by atoms with Crippen molar-refractivity contribution in [3.63, 3.8) is 0 Å². The van der Waals surface area contributed by atoms with Crippen molar-refractivity contribution >= 4 is 12.0 Å². The van der Waals surface area contributed by atoms with Crippen LogP contribution in [0.1, 0.15) is 22.5 Å². The molecule has 0 unspecified atom stereocenters. The highest BCUT2D eigenvalue weighted by molar-refractivity contribution is 5.67. The van der Waals surface area contributed by atoms with E-state index in [-0.39, 0.29) is 0 Å². The first-order chi connectivity index (χ1) is 12.1.